The predicted octanol–water partition coefficient (Wildman–Crippen LogP) is 6.28. The van der Waals surface area contributed by atoms with Crippen LogP contribution >= 0.6 is 23.2 Å². The Labute approximate surface area is 272 Å². The van der Waals surface area contributed by atoms with Gasteiger partial charge in [-0.25, -0.2) is 13.9 Å². The van der Waals surface area contributed by atoms with Crippen LogP contribution in [0.2, 0.25) is 10.0 Å². The van der Waals surface area contributed by atoms with Gasteiger partial charge in [-0.3, -0.25) is 4.79 Å². The molecule has 0 saturated carbocycles. The van der Waals surface area contributed by atoms with Crippen LogP contribution in [0, 0.1) is 19.7 Å². The van der Waals surface area contributed by atoms with E-state index in [2.05, 4.69) is 15.6 Å². The number of carbonyl (C=O) groups is 2. The van der Waals surface area contributed by atoms with Gasteiger partial charge in [0.05, 0.1) is 30.9 Å². The fourth-order valence-electron chi connectivity index (χ4n) is 5.89. The van der Waals surface area contributed by atoms with Crippen molar-refractivity contribution in [3.05, 3.63) is 74.8 Å². The monoisotopic (exact) mass is 660 g/mol. The zero-order valence-electron chi connectivity index (χ0n) is 26.2. The zero-order valence-corrected chi connectivity index (χ0v) is 27.7. The number of likely N-dealkylation sites (tertiary alicyclic amines) is 1. The molecule has 2 aliphatic rings. The standard InChI is InChI=1S/C32H39Cl2FN6O4/c1-20-7-6-8-21(2)28(20)36-17-22-18-41(38-37-22)32(9-11-39(12-10-32)30(43)45-31(3,4)5)29(42)40-13-14-44-27(19-40)23-15-26(35)25(34)16-24(23)33/h6-8,15-16,18,27,36H,9-14,17,19H2,1-5H3. The topological polar surface area (TPSA) is 102 Å². The van der Waals surface area contributed by atoms with E-state index < -0.39 is 29.2 Å². The molecule has 45 heavy (non-hydrogen) atoms. The number of benzene rings is 2. The van der Waals surface area contributed by atoms with Crippen LogP contribution in [0.1, 0.15) is 62.1 Å². The molecular formula is C32H39Cl2FN6O4. The average molecular weight is 662 g/mol. The molecule has 0 radical (unpaired) electrons. The lowest BCUT2D eigenvalue weighted by molar-refractivity contribution is -0.152. The highest BCUT2D eigenvalue weighted by Gasteiger charge is 2.48. The third-order valence-electron chi connectivity index (χ3n) is 8.29. The Morgan fingerprint density at radius 3 is 2.44 bits per heavy atom. The van der Waals surface area contributed by atoms with Crippen molar-refractivity contribution in [2.45, 2.75) is 71.2 Å². The van der Waals surface area contributed by atoms with Crippen LogP contribution in [-0.2, 0) is 26.4 Å². The lowest BCUT2D eigenvalue weighted by Gasteiger charge is -2.44. The number of aryl methyl sites for hydroxylation is 2. The van der Waals surface area contributed by atoms with Crippen molar-refractivity contribution in [1.82, 2.24) is 24.8 Å². The minimum absolute atomic E-state index is 0.0859. The molecule has 2 fully saturated rings. The molecule has 2 amide bonds. The first kappa shape index (κ1) is 33.0. The molecule has 13 heteroatoms. The molecule has 3 heterocycles. The number of amides is 2. The smallest absolute Gasteiger partial charge is 0.410 e. The number of para-hydroxylation sites is 1. The van der Waals surface area contributed by atoms with Crippen LogP contribution in [0.15, 0.2) is 36.5 Å². The van der Waals surface area contributed by atoms with E-state index in [1.54, 1.807) is 20.7 Å². The number of hydrogen-bond donors (Lipinski definition) is 1. The van der Waals surface area contributed by atoms with E-state index in [0.717, 1.165) is 16.8 Å². The van der Waals surface area contributed by atoms with Crippen LogP contribution < -0.4 is 5.32 Å². The molecule has 0 spiro atoms. The predicted molar refractivity (Wildman–Crippen MR) is 170 cm³/mol. The lowest BCUT2D eigenvalue weighted by atomic mass is 9.85. The molecule has 242 valence electrons. The summed E-state index contributed by atoms with van der Waals surface area (Å²) >= 11 is 12.3. The van der Waals surface area contributed by atoms with Crippen molar-refractivity contribution >= 4 is 40.9 Å². The molecule has 2 aliphatic heterocycles. The Bertz CT molecular complexity index is 1550. The number of hydrogen-bond acceptors (Lipinski definition) is 7. The summed E-state index contributed by atoms with van der Waals surface area (Å²) in [6.45, 7) is 11.3. The van der Waals surface area contributed by atoms with E-state index in [1.807, 2.05) is 52.8 Å². The molecule has 0 bridgehead atoms. The molecule has 0 aliphatic carbocycles. The summed E-state index contributed by atoms with van der Waals surface area (Å²) in [6, 6.07) is 8.69. The summed E-state index contributed by atoms with van der Waals surface area (Å²) in [5, 5.41) is 12.5. The van der Waals surface area contributed by atoms with Crippen molar-refractivity contribution < 1.29 is 23.5 Å². The minimum Gasteiger partial charge on any atom is -0.444 e. The Hall–Kier alpha value is -3.41. The van der Waals surface area contributed by atoms with Gasteiger partial charge in [0.1, 0.15) is 28.8 Å². The van der Waals surface area contributed by atoms with Gasteiger partial charge in [0.2, 0.25) is 0 Å². The minimum atomic E-state index is -1.11. The fraction of sp³-hybridized carbons (Fsp3) is 0.500. The molecule has 2 aromatic carbocycles. The molecule has 10 nitrogen and oxygen atoms in total. The quantitative estimate of drug-likeness (QED) is 0.311. The van der Waals surface area contributed by atoms with Crippen LogP contribution in [0.5, 0.6) is 0 Å². The number of piperidine rings is 1. The number of ether oxygens (including phenoxy) is 2. The van der Waals surface area contributed by atoms with Crippen molar-refractivity contribution in [3.63, 3.8) is 0 Å². The molecule has 5 rings (SSSR count). The van der Waals surface area contributed by atoms with Crippen molar-refractivity contribution in [1.29, 1.82) is 0 Å². The number of carbonyl (C=O) groups excluding carboxylic acids is 2. The Morgan fingerprint density at radius 2 is 1.78 bits per heavy atom. The molecule has 1 N–H and O–H groups in total. The maximum Gasteiger partial charge on any atom is 0.410 e. The Balaban J connectivity index is 1.40. The highest BCUT2D eigenvalue weighted by molar-refractivity contribution is 6.35. The fourth-order valence-corrected chi connectivity index (χ4v) is 6.39. The third-order valence-corrected chi connectivity index (χ3v) is 8.90. The van der Waals surface area contributed by atoms with Gasteiger partial charge < -0.3 is 24.6 Å². The summed E-state index contributed by atoms with van der Waals surface area (Å²) in [7, 11) is 0. The number of morpholine rings is 1. The maximum atomic E-state index is 14.5. The highest BCUT2D eigenvalue weighted by Crippen LogP contribution is 2.37. The number of halogens is 3. The van der Waals surface area contributed by atoms with E-state index >= 15 is 0 Å². The number of rotatable bonds is 6. The van der Waals surface area contributed by atoms with E-state index in [-0.39, 0.29) is 29.1 Å². The number of nitrogens with zero attached hydrogens (tertiary/aromatic N) is 5. The molecule has 1 atom stereocenters. The number of anilines is 1. The number of aromatic nitrogens is 3. The van der Waals surface area contributed by atoms with E-state index in [9.17, 15) is 14.0 Å². The van der Waals surface area contributed by atoms with Gasteiger partial charge in [-0.2, -0.15) is 0 Å². The van der Waals surface area contributed by atoms with Crippen molar-refractivity contribution in [2.75, 3.05) is 38.1 Å². The summed E-state index contributed by atoms with van der Waals surface area (Å²) in [4.78, 5) is 30.8. The SMILES string of the molecule is Cc1cccc(C)c1NCc1cn(C2(C(=O)N3CCOC(c4cc(F)c(Cl)cc4Cl)C3)CCN(C(=O)OC(C)(C)C)CC2)nn1. The number of nitrogens with one attached hydrogen (secondary N) is 1. The van der Waals surface area contributed by atoms with E-state index in [4.69, 9.17) is 32.7 Å². The molecule has 1 aromatic heterocycles. The third kappa shape index (κ3) is 7.21. The Kier molecular flexibility index (Phi) is 9.62. The summed E-state index contributed by atoms with van der Waals surface area (Å²) in [6.07, 6.45) is 1.33. The zero-order chi connectivity index (χ0) is 32.5. The van der Waals surface area contributed by atoms with Gasteiger partial charge in [-0.05, 0) is 70.7 Å². The highest BCUT2D eigenvalue weighted by atomic mass is 35.5. The summed E-state index contributed by atoms with van der Waals surface area (Å²) in [5.74, 6) is -0.789. The van der Waals surface area contributed by atoms with Crippen molar-refractivity contribution in [2.24, 2.45) is 0 Å². The van der Waals surface area contributed by atoms with Crippen molar-refractivity contribution in [3.8, 4) is 0 Å². The van der Waals surface area contributed by atoms with Gasteiger partial charge in [-0.1, -0.05) is 46.6 Å². The molecular weight excluding hydrogens is 622 g/mol. The second-order valence-electron chi connectivity index (χ2n) is 12.7. The van der Waals surface area contributed by atoms with Crippen LogP contribution in [0.25, 0.3) is 0 Å². The molecule has 3 aromatic rings. The summed E-state index contributed by atoms with van der Waals surface area (Å²) < 4.78 is 27.5. The van der Waals surface area contributed by atoms with Gasteiger partial charge in [-0.15, -0.1) is 5.10 Å². The molecule has 1 unspecified atom stereocenters. The van der Waals surface area contributed by atoms with E-state index in [0.29, 0.717) is 50.3 Å². The van der Waals surface area contributed by atoms with Gasteiger partial charge >= 0.3 is 6.09 Å². The van der Waals surface area contributed by atoms with E-state index in [1.165, 1.54) is 12.1 Å². The lowest BCUT2D eigenvalue weighted by Crippen LogP contribution is -2.59. The Morgan fingerprint density at radius 1 is 1.09 bits per heavy atom. The summed E-state index contributed by atoms with van der Waals surface area (Å²) in [5.41, 5.74) is 2.60. The van der Waals surface area contributed by atoms with Crippen LogP contribution in [-0.4, -0.2) is 75.2 Å². The maximum absolute atomic E-state index is 14.5. The van der Waals surface area contributed by atoms with Gasteiger partial charge in [0, 0.05) is 35.9 Å². The average Bonchev–Trinajstić information content (AvgIpc) is 3.47. The second-order valence-corrected chi connectivity index (χ2v) is 13.5. The normalized spacial score (nSPS) is 18.5. The molecule has 2 saturated heterocycles. The second kappa shape index (κ2) is 13.1. The van der Waals surface area contributed by atoms with Crippen LogP contribution in [0.4, 0.5) is 14.9 Å². The largest absolute Gasteiger partial charge is 0.444 e. The van der Waals surface area contributed by atoms with Crippen LogP contribution in [0.3, 0.4) is 0 Å². The van der Waals surface area contributed by atoms with Gasteiger partial charge in [0.15, 0.2) is 0 Å². The van der Waals surface area contributed by atoms with Gasteiger partial charge in [0.25, 0.3) is 5.91 Å². The first-order valence-electron chi connectivity index (χ1n) is 15.0. The first-order chi connectivity index (χ1) is 21.3. The first-order valence-corrected chi connectivity index (χ1v) is 15.8.